The van der Waals surface area contributed by atoms with E-state index in [2.05, 4.69) is 5.32 Å². The van der Waals surface area contributed by atoms with E-state index < -0.39 is 0 Å². The molecule has 1 unspecified atom stereocenters. The summed E-state index contributed by atoms with van der Waals surface area (Å²) in [5.74, 6) is -0.485. The number of aromatic nitrogens is 1. The molecule has 0 radical (unpaired) electrons. The third-order valence-corrected chi connectivity index (χ3v) is 3.27. The molecule has 0 fully saturated rings. The summed E-state index contributed by atoms with van der Waals surface area (Å²) in [6.07, 6.45) is 4.22. The Balaban J connectivity index is 1.96. The van der Waals surface area contributed by atoms with Crippen LogP contribution in [-0.4, -0.2) is 23.1 Å². The van der Waals surface area contributed by atoms with Gasteiger partial charge in [0.05, 0.1) is 12.2 Å². The zero-order valence-electron chi connectivity index (χ0n) is 12.8. The number of rotatable bonds is 6. The van der Waals surface area contributed by atoms with Crippen LogP contribution in [0.25, 0.3) is 0 Å². The lowest BCUT2D eigenvalue weighted by Crippen LogP contribution is -2.17. The first-order chi connectivity index (χ1) is 10.6. The number of nitrogens with one attached hydrogen (secondary N) is 1. The normalized spacial score (nSPS) is 11.7. The molecule has 5 heteroatoms. The zero-order chi connectivity index (χ0) is 15.9. The highest BCUT2D eigenvalue weighted by atomic mass is 16.5. The molecule has 22 heavy (non-hydrogen) atoms. The van der Waals surface area contributed by atoms with E-state index in [4.69, 9.17) is 4.74 Å². The summed E-state index contributed by atoms with van der Waals surface area (Å²) in [7, 11) is 0. The molecule has 1 aromatic carbocycles. The summed E-state index contributed by atoms with van der Waals surface area (Å²) < 4.78 is 6.93. The van der Waals surface area contributed by atoms with Crippen LogP contribution in [0, 0.1) is 0 Å². The minimum Gasteiger partial charge on any atom is -0.462 e. The van der Waals surface area contributed by atoms with Crippen molar-refractivity contribution in [3.05, 3.63) is 54.4 Å². The quantitative estimate of drug-likeness (QED) is 0.833. The van der Waals surface area contributed by atoms with Crippen LogP contribution in [0.4, 0.5) is 5.69 Å². The number of benzene rings is 1. The molecule has 1 amide bonds. The second-order valence-electron chi connectivity index (χ2n) is 5.03. The van der Waals surface area contributed by atoms with E-state index in [1.54, 1.807) is 31.2 Å². The lowest BCUT2D eigenvalue weighted by molar-refractivity contribution is -0.116. The summed E-state index contributed by atoms with van der Waals surface area (Å²) in [6, 6.07) is 10.7. The average Bonchev–Trinajstić information content (AvgIpc) is 3.02. The number of nitrogens with zero attached hydrogens (tertiary/aromatic N) is 1. The monoisotopic (exact) mass is 300 g/mol. The molecule has 0 aliphatic rings. The van der Waals surface area contributed by atoms with Gasteiger partial charge in [-0.15, -0.1) is 0 Å². The molecule has 2 rings (SSSR count). The van der Waals surface area contributed by atoms with E-state index >= 15 is 0 Å². The molecule has 2 aromatic rings. The predicted octanol–water partition coefficient (Wildman–Crippen LogP) is 3.25. The Morgan fingerprint density at radius 2 is 1.95 bits per heavy atom. The molecular formula is C17H20N2O3. The largest absolute Gasteiger partial charge is 0.462 e. The Labute approximate surface area is 129 Å². The van der Waals surface area contributed by atoms with E-state index in [0.29, 0.717) is 24.3 Å². The van der Waals surface area contributed by atoms with Crippen molar-refractivity contribution in [2.24, 2.45) is 0 Å². The number of carbonyl (C=O) groups is 2. The van der Waals surface area contributed by atoms with E-state index in [1.807, 2.05) is 36.0 Å². The molecule has 1 heterocycles. The number of esters is 1. The molecule has 0 spiro atoms. The molecular weight excluding hydrogens is 280 g/mol. The van der Waals surface area contributed by atoms with Crippen molar-refractivity contribution in [2.75, 3.05) is 11.9 Å². The third-order valence-electron chi connectivity index (χ3n) is 3.27. The van der Waals surface area contributed by atoms with Crippen LogP contribution >= 0.6 is 0 Å². The van der Waals surface area contributed by atoms with Gasteiger partial charge in [-0.05, 0) is 44.2 Å². The molecule has 0 aliphatic carbocycles. The molecule has 1 aromatic heterocycles. The standard InChI is InChI=1S/C17H20N2O3/c1-3-22-17(21)14-7-6-8-15(12-14)18-16(20)11-13(2)19-9-4-5-10-19/h4-10,12-13H,3,11H2,1-2H3,(H,18,20). The van der Waals surface area contributed by atoms with Gasteiger partial charge in [-0.2, -0.15) is 0 Å². The Kier molecular flexibility index (Phi) is 5.36. The number of hydrogen-bond donors (Lipinski definition) is 1. The number of hydrogen-bond acceptors (Lipinski definition) is 3. The van der Waals surface area contributed by atoms with Crippen molar-refractivity contribution in [3.8, 4) is 0 Å². The molecule has 5 nitrogen and oxygen atoms in total. The van der Waals surface area contributed by atoms with Crippen LogP contribution in [0.2, 0.25) is 0 Å². The second kappa shape index (κ2) is 7.45. The second-order valence-corrected chi connectivity index (χ2v) is 5.03. The number of amides is 1. The smallest absolute Gasteiger partial charge is 0.338 e. The molecule has 0 saturated heterocycles. The minimum atomic E-state index is -0.390. The van der Waals surface area contributed by atoms with Gasteiger partial charge in [-0.3, -0.25) is 4.79 Å². The molecule has 0 aliphatic heterocycles. The summed E-state index contributed by atoms with van der Waals surface area (Å²) in [6.45, 7) is 4.06. The maximum atomic E-state index is 12.1. The van der Waals surface area contributed by atoms with Crippen LogP contribution < -0.4 is 5.32 Å². The summed E-state index contributed by atoms with van der Waals surface area (Å²) in [4.78, 5) is 23.8. The SMILES string of the molecule is CCOC(=O)c1cccc(NC(=O)CC(C)n2cccc2)c1. The molecule has 1 atom stereocenters. The van der Waals surface area contributed by atoms with Gasteiger partial charge in [0, 0.05) is 30.5 Å². The number of ether oxygens (including phenoxy) is 1. The van der Waals surface area contributed by atoms with Gasteiger partial charge in [-0.25, -0.2) is 4.79 Å². The lowest BCUT2D eigenvalue weighted by Gasteiger charge is -2.13. The Hall–Kier alpha value is -2.56. The van der Waals surface area contributed by atoms with Crippen LogP contribution in [0.1, 0.15) is 36.7 Å². The highest BCUT2D eigenvalue weighted by Gasteiger charge is 2.12. The van der Waals surface area contributed by atoms with E-state index in [1.165, 1.54) is 0 Å². The van der Waals surface area contributed by atoms with Gasteiger partial charge in [0.2, 0.25) is 5.91 Å². The summed E-state index contributed by atoms with van der Waals surface area (Å²) >= 11 is 0. The van der Waals surface area contributed by atoms with Gasteiger partial charge < -0.3 is 14.6 Å². The lowest BCUT2D eigenvalue weighted by atomic mass is 10.2. The highest BCUT2D eigenvalue weighted by molar-refractivity contribution is 5.94. The van der Waals surface area contributed by atoms with Gasteiger partial charge in [0.1, 0.15) is 0 Å². The first kappa shape index (κ1) is 15.8. The fourth-order valence-electron chi connectivity index (χ4n) is 2.17. The van der Waals surface area contributed by atoms with Crippen molar-refractivity contribution in [3.63, 3.8) is 0 Å². The fourth-order valence-corrected chi connectivity index (χ4v) is 2.17. The maximum absolute atomic E-state index is 12.1. The van der Waals surface area contributed by atoms with E-state index in [9.17, 15) is 9.59 Å². The number of anilines is 1. The predicted molar refractivity (Wildman–Crippen MR) is 84.8 cm³/mol. The van der Waals surface area contributed by atoms with Crippen LogP contribution in [-0.2, 0) is 9.53 Å². The van der Waals surface area contributed by atoms with Crippen molar-refractivity contribution in [1.82, 2.24) is 4.57 Å². The number of carbonyl (C=O) groups excluding carboxylic acids is 2. The minimum absolute atomic E-state index is 0.0724. The van der Waals surface area contributed by atoms with Crippen molar-refractivity contribution in [1.29, 1.82) is 0 Å². The van der Waals surface area contributed by atoms with Gasteiger partial charge in [0.15, 0.2) is 0 Å². The van der Waals surface area contributed by atoms with E-state index in [0.717, 1.165) is 0 Å². The average molecular weight is 300 g/mol. The first-order valence-electron chi connectivity index (χ1n) is 7.29. The molecule has 1 N–H and O–H groups in total. The highest BCUT2D eigenvalue weighted by Crippen LogP contribution is 2.15. The maximum Gasteiger partial charge on any atom is 0.338 e. The topological polar surface area (TPSA) is 60.3 Å². The van der Waals surface area contributed by atoms with E-state index in [-0.39, 0.29) is 17.9 Å². The molecule has 0 bridgehead atoms. The third kappa shape index (κ3) is 4.22. The van der Waals surface area contributed by atoms with Crippen molar-refractivity contribution < 1.29 is 14.3 Å². The summed E-state index contributed by atoms with van der Waals surface area (Å²) in [5, 5.41) is 2.81. The van der Waals surface area contributed by atoms with Gasteiger partial charge in [0.25, 0.3) is 0 Å². The summed E-state index contributed by atoms with van der Waals surface area (Å²) in [5.41, 5.74) is 1.02. The van der Waals surface area contributed by atoms with Crippen LogP contribution in [0.3, 0.4) is 0 Å². The van der Waals surface area contributed by atoms with Crippen molar-refractivity contribution >= 4 is 17.6 Å². The van der Waals surface area contributed by atoms with Crippen LogP contribution in [0.5, 0.6) is 0 Å². The Morgan fingerprint density at radius 1 is 1.23 bits per heavy atom. The molecule has 0 saturated carbocycles. The van der Waals surface area contributed by atoms with Gasteiger partial charge >= 0.3 is 5.97 Å². The molecule has 116 valence electrons. The van der Waals surface area contributed by atoms with Crippen molar-refractivity contribution in [2.45, 2.75) is 26.3 Å². The van der Waals surface area contributed by atoms with Crippen LogP contribution in [0.15, 0.2) is 48.8 Å². The Bertz CT molecular complexity index is 635. The van der Waals surface area contributed by atoms with Gasteiger partial charge in [-0.1, -0.05) is 6.07 Å². The fraction of sp³-hybridized carbons (Fsp3) is 0.294. The zero-order valence-corrected chi connectivity index (χ0v) is 12.8. The Morgan fingerprint density at radius 3 is 2.64 bits per heavy atom. The first-order valence-corrected chi connectivity index (χ1v) is 7.29.